The van der Waals surface area contributed by atoms with Gasteiger partial charge in [0.1, 0.15) is 0 Å². The van der Waals surface area contributed by atoms with Crippen LogP contribution in [0.5, 0.6) is 0 Å². The maximum Gasteiger partial charge on any atom is 0.314 e. The first-order valence-corrected chi connectivity index (χ1v) is 4.89. The number of rotatable bonds is 3. The smallest absolute Gasteiger partial charge is 0.314 e. The fraction of sp³-hybridized carbons (Fsp3) is 0.889. The third-order valence-electron chi connectivity index (χ3n) is 2.77. The van der Waals surface area contributed by atoms with Crippen molar-refractivity contribution in [2.24, 2.45) is 5.73 Å². The van der Waals surface area contributed by atoms with Gasteiger partial charge in [0.25, 0.3) is 0 Å². The molecule has 4 nitrogen and oxygen atoms in total. The van der Waals surface area contributed by atoms with E-state index in [4.69, 9.17) is 5.73 Å². The van der Waals surface area contributed by atoms with Crippen molar-refractivity contribution in [3.8, 4) is 0 Å². The van der Waals surface area contributed by atoms with E-state index in [2.05, 4.69) is 11.8 Å². The number of urea groups is 1. The predicted octanol–water partition coefficient (Wildman–Crippen LogP) is 0.481. The van der Waals surface area contributed by atoms with Crippen LogP contribution in [0.4, 0.5) is 4.79 Å². The Labute approximate surface area is 79.7 Å². The zero-order valence-electron chi connectivity index (χ0n) is 8.49. The Balaban J connectivity index is 2.39. The molecule has 4 heteroatoms. The van der Waals surface area contributed by atoms with Crippen LogP contribution in [0, 0.1) is 0 Å². The minimum absolute atomic E-state index is 0.331. The molecule has 76 valence electrons. The molecule has 13 heavy (non-hydrogen) atoms. The minimum Gasteiger partial charge on any atom is -0.351 e. The summed E-state index contributed by atoms with van der Waals surface area (Å²) >= 11 is 0. The lowest BCUT2D eigenvalue weighted by atomic mass is 10.2. The summed E-state index contributed by atoms with van der Waals surface area (Å²) < 4.78 is 0. The van der Waals surface area contributed by atoms with Crippen molar-refractivity contribution in [3.63, 3.8) is 0 Å². The second kappa shape index (κ2) is 4.46. The molecule has 0 aliphatic carbocycles. The Morgan fingerprint density at radius 3 is 2.92 bits per heavy atom. The second-order valence-electron chi connectivity index (χ2n) is 3.64. The molecule has 1 atom stereocenters. The van der Waals surface area contributed by atoms with Gasteiger partial charge < -0.3 is 10.6 Å². The number of carbonyl (C=O) groups is 1. The summed E-state index contributed by atoms with van der Waals surface area (Å²) in [4.78, 5) is 14.8. The molecule has 1 rings (SSSR count). The van der Waals surface area contributed by atoms with Gasteiger partial charge in [-0.25, -0.2) is 4.79 Å². The molecule has 0 spiro atoms. The summed E-state index contributed by atoms with van der Waals surface area (Å²) in [6.07, 6.45) is 2.43. The minimum atomic E-state index is -0.331. The van der Waals surface area contributed by atoms with Crippen molar-refractivity contribution >= 4 is 6.03 Å². The number of carbonyl (C=O) groups excluding carboxylic acids is 1. The average molecular weight is 185 g/mol. The quantitative estimate of drug-likeness (QED) is 0.695. The largest absolute Gasteiger partial charge is 0.351 e. The van der Waals surface area contributed by atoms with Crippen molar-refractivity contribution in [2.45, 2.75) is 25.8 Å². The molecule has 0 aromatic rings. The third kappa shape index (κ3) is 2.59. The Hall–Kier alpha value is -0.770. The molecule has 1 fully saturated rings. The molecule has 0 aromatic heterocycles. The highest BCUT2D eigenvalue weighted by atomic mass is 16.2. The van der Waals surface area contributed by atoms with Gasteiger partial charge >= 0.3 is 6.03 Å². The fourth-order valence-electron chi connectivity index (χ4n) is 1.92. The maximum absolute atomic E-state index is 10.8. The van der Waals surface area contributed by atoms with Gasteiger partial charge in [-0.15, -0.1) is 0 Å². The highest BCUT2D eigenvalue weighted by molar-refractivity contribution is 5.71. The second-order valence-corrected chi connectivity index (χ2v) is 3.64. The molecule has 0 bridgehead atoms. The zero-order valence-corrected chi connectivity index (χ0v) is 8.49. The highest BCUT2D eigenvalue weighted by Gasteiger charge is 2.24. The normalized spacial score (nSPS) is 23.4. The third-order valence-corrected chi connectivity index (χ3v) is 2.77. The van der Waals surface area contributed by atoms with Crippen LogP contribution in [-0.2, 0) is 0 Å². The molecule has 1 unspecified atom stereocenters. The van der Waals surface area contributed by atoms with Crippen LogP contribution in [-0.4, -0.2) is 48.6 Å². The first kappa shape index (κ1) is 10.3. The number of likely N-dealkylation sites (N-methyl/N-ethyl adjacent to an activating group) is 2. The standard InChI is InChI=1S/C9H19N3O/c1-3-12-6-4-5-8(12)7-11(2)9(10)13/h8H,3-7H2,1-2H3,(H2,10,13). The summed E-state index contributed by atoms with van der Waals surface area (Å²) in [5, 5.41) is 0. The van der Waals surface area contributed by atoms with E-state index in [-0.39, 0.29) is 6.03 Å². The molecule has 0 radical (unpaired) electrons. The van der Waals surface area contributed by atoms with Gasteiger partial charge in [0, 0.05) is 19.6 Å². The summed E-state index contributed by atoms with van der Waals surface area (Å²) in [6, 6.07) is 0.186. The monoisotopic (exact) mass is 185 g/mol. The number of hydrogen-bond acceptors (Lipinski definition) is 2. The SMILES string of the molecule is CCN1CCCC1CN(C)C(N)=O. The molecule has 1 aliphatic heterocycles. The van der Waals surface area contributed by atoms with E-state index >= 15 is 0 Å². The van der Waals surface area contributed by atoms with Crippen LogP contribution in [0.15, 0.2) is 0 Å². The Bertz CT molecular complexity index is 184. The molecule has 1 heterocycles. The lowest BCUT2D eigenvalue weighted by Gasteiger charge is -2.26. The number of primary amides is 1. The number of nitrogens with two attached hydrogens (primary N) is 1. The predicted molar refractivity (Wildman–Crippen MR) is 52.5 cm³/mol. The van der Waals surface area contributed by atoms with E-state index in [1.165, 1.54) is 12.8 Å². The highest BCUT2D eigenvalue weighted by Crippen LogP contribution is 2.16. The molecular weight excluding hydrogens is 166 g/mol. The molecule has 0 aromatic carbocycles. The van der Waals surface area contributed by atoms with Crippen LogP contribution in [0.25, 0.3) is 0 Å². The van der Waals surface area contributed by atoms with Crippen molar-refractivity contribution < 1.29 is 4.79 Å². The summed E-state index contributed by atoms with van der Waals surface area (Å²) in [6.45, 7) is 5.15. The summed E-state index contributed by atoms with van der Waals surface area (Å²) in [5.41, 5.74) is 5.17. The Kier molecular flexibility index (Phi) is 3.54. The number of amides is 2. The maximum atomic E-state index is 10.8. The van der Waals surface area contributed by atoms with Crippen LogP contribution in [0.3, 0.4) is 0 Å². The Morgan fingerprint density at radius 2 is 2.38 bits per heavy atom. The molecule has 1 aliphatic rings. The van der Waals surface area contributed by atoms with Gasteiger partial charge in [0.15, 0.2) is 0 Å². The number of nitrogens with zero attached hydrogens (tertiary/aromatic N) is 2. The number of hydrogen-bond donors (Lipinski definition) is 1. The van der Waals surface area contributed by atoms with Gasteiger partial charge in [-0.3, -0.25) is 4.90 Å². The number of likely N-dealkylation sites (tertiary alicyclic amines) is 1. The van der Waals surface area contributed by atoms with E-state index in [1.807, 2.05) is 0 Å². The fourth-order valence-corrected chi connectivity index (χ4v) is 1.92. The van der Waals surface area contributed by atoms with Crippen LogP contribution in [0.1, 0.15) is 19.8 Å². The van der Waals surface area contributed by atoms with E-state index in [1.54, 1.807) is 11.9 Å². The van der Waals surface area contributed by atoms with E-state index in [0.717, 1.165) is 19.6 Å². The average Bonchev–Trinajstić information content (AvgIpc) is 2.51. The van der Waals surface area contributed by atoms with Gasteiger partial charge in [-0.1, -0.05) is 6.92 Å². The molecule has 2 N–H and O–H groups in total. The molecule has 2 amide bonds. The van der Waals surface area contributed by atoms with E-state index < -0.39 is 0 Å². The topological polar surface area (TPSA) is 49.6 Å². The van der Waals surface area contributed by atoms with E-state index in [0.29, 0.717) is 6.04 Å². The van der Waals surface area contributed by atoms with Crippen molar-refractivity contribution in [3.05, 3.63) is 0 Å². The van der Waals surface area contributed by atoms with Crippen LogP contribution in [0.2, 0.25) is 0 Å². The van der Waals surface area contributed by atoms with Crippen molar-refractivity contribution in [2.75, 3.05) is 26.7 Å². The molecule has 1 saturated heterocycles. The van der Waals surface area contributed by atoms with Gasteiger partial charge in [-0.05, 0) is 25.9 Å². The van der Waals surface area contributed by atoms with Crippen LogP contribution >= 0.6 is 0 Å². The van der Waals surface area contributed by atoms with Gasteiger partial charge in [-0.2, -0.15) is 0 Å². The molecular formula is C9H19N3O. The van der Waals surface area contributed by atoms with Gasteiger partial charge in [0.2, 0.25) is 0 Å². The lowest BCUT2D eigenvalue weighted by molar-refractivity contribution is 0.188. The zero-order chi connectivity index (χ0) is 9.84. The molecule has 0 saturated carbocycles. The Morgan fingerprint density at radius 1 is 1.69 bits per heavy atom. The first-order valence-electron chi connectivity index (χ1n) is 4.89. The summed E-state index contributed by atoms with van der Waals surface area (Å²) in [5.74, 6) is 0. The van der Waals surface area contributed by atoms with Crippen molar-refractivity contribution in [1.82, 2.24) is 9.80 Å². The van der Waals surface area contributed by atoms with Crippen LogP contribution < -0.4 is 5.73 Å². The summed E-state index contributed by atoms with van der Waals surface area (Å²) in [7, 11) is 1.76. The van der Waals surface area contributed by atoms with Gasteiger partial charge in [0.05, 0.1) is 0 Å². The lowest BCUT2D eigenvalue weighted by Crippen LogP contribution is -2.43. The van der Waals surface area contributed by atoms with E-state index in [9.17, 15) is 4.79 Å². The van der Waals surface area contributed by atoms with Crippen molar-refractivity contribution in [1.29, 1.82) is 0 Å². The first-order chi connectivity index (χ1) is 6.15.